The van der Waals surface area contributed by atoms with E-state index in [-0.39, 0.29) is 42.8 Å². The number of hydrogen-bond acceptors (Lipinski definition) is 7. The predicted molar refractivity (Wildman–Crippen MR) is 150 cm³/mol. The number of carbonyl (C=O) groups excluding carboxylic acids is 3. The second kappa shape index (κ2) is 10.4. The van der Waals surface area contributed by atoms with Gasteiger partial charge in [0.1, 0.15) is 29.4 Å². The van der Waals surface area contributed by atoms with Crippen molar-refractivity contribution in [3.8, 4) is 16.9 Å². The van der Waals surface area contributed by atoms with Crippen molar-refractivity contribution in [3.63, 3.8) is 0 Å². The Kier molecular flexibility index (Phi) is 6.88. The average molecular weight is 606 g/mol. The third-order valence-corrected chi connectivity index (χ3v) is 8.70. The monoisotopic (exact) mass is 605 g/mol. The summed E-state index contributed by atoms with van der Waals surface area (Å²) >= 11 is 0. The van der Waals surface area contributed by atoms with E-state index >= 15 is 0 Å². The fourth-order valence-electron chi connectivity index (χ4n) is 6.58. The van der Waals surface area contributed by atoms with Crippen molar-refractivity contribution in [3.05, 3.63) is 106 Å². The highest BCUT2D eigenvalue weighted by molar-refractivity contribution is 6.32. The van der Waals surface area contributed by atoms with Gasteiger partial charge in [0, 0.05) is 17.9 Å². The van der Waals surface area contributed by atoms with E-state index in [1.165, 1.54) is 24.3 Å². The van der Waals surface area contributed by atoms with E-state index in [0.717, 1.165) is 17.7 Å². The van der Waals surface area contributed by atoms with Crippen molar-refractivity contribution >= 4 is 23.2 Å². The number of fused-ring (bicyclic) bond motifs is 3. The predicted octanol–water partition coefficient (Wildman–Crippen LogP) is 4.77. The van der Waals surface area contributed by atoms with Gasteiger partial charge in [-0.05, 0) is 59.2 Å². The Hall–Kier alpha value is -4.90. The summed E-state index contributed by atoms with van der Waals surface area (Å²) in [4.78, 5) is 39.9. The summed E-state index contributed by atoms with van der Waals surface area (Å²) in [6.07, 6.45) is -4.62. The molecule has 11 heteroatoms. The van der Waals surface area contributed by atoms with Crippen LogP contribution in [0, 0.1) is 11.8 Å². The van der Waals surface area contributed by atoms with Crippen molar-refractivity contribution in [2.24, 2.45) is 17.6 Å². The van der Waals surface area contributed by atoms with E-state index in [1.54, 1.807) is 30.3 Å². The third kappa shape index (κ3) is 4.55. The largest absolute Gasteiger partial charge is 0.507 e. The molecule has 3 atom stereocenters. The molecule has 44 heavy (non-hydrogen) atoms. The van der Waals surface area contributed by atoms with Gasteiger partial charge >= 0.3 is 6.18 Å². The molecule has 0 spiro atoms. The highest BCUT2D eigenvalue weighted by Gasteiger charge is 2.62. The van der Waals surface area contributed by atoms with E-state index in [0.29, 0.717) is 16.7 Å². The van der Waals surface area contributed by atoms with Gasteiger partial charge in [0.2, 0.25) is 11.6 Å². The number of allylic oxidation sites excluding steroid dienone is 1. The molecule has 3 aliphatic rings. The summed E-state index contributed by atoms with van der Waals surface area (Å²) < 4.78 is 45.3. The van der Waals surface area contributed by atoms with Crippen molar-refractivity contribution < 1.29 is 47.6 Å². The zero-order valence-corrected chi connectivity index (χ0v) is 23.0. The second-order valence-corrected chi connectivity index (χ2v) is 11.2. The lowest BCUT2D eigenvalue weighted by Crippen LogP contribution is -2.61. The van der Waals surface area contributed by atoms with Crippen LogP contribution in [0.1, 0.15) is 35.1 Å². The van der Waals surface area contributed by atoms with Crippen LogP contribution in [0.25, 0.3) is 16.9 Å². The van der Waals surface area contributed by atoms with Crippen LogP contribution < -0.4 is 5.73 Å². The third-order valence-electron chi connectivity index (χ3n) is 8.70. The number of phenols is 1. The quantitative estimate of drug-likeness (QED) is 0.242. The molecular formula is C33H26F3NO7. The first-order valence-corrected chi connectivity index (χ1v) is 13.8. The Labute approximate surface area is 248 Å². The summed E-state index contributed by atoms with van der Waals surface area (Å²) in [5.41, 5.74) is 2.91. The summed E-state index contributed by atoms with van der Waals surface area (Å²) in [7, 11) is 0. The summed E-state index contributed by atoms with van der Waals surface area (Å²) in [5.74, 6) is -6.36. The van der Waals surface area contributed by atoms with Gasteiger partial charge in [-0.25, -0.2) is 0 Å². The van der Waals surface area contributed by atoms with Gasteiger partial charge in [-0.2, -0.15) is 13.2 Å². The maximum Gasteiger partial charge on any atom is 0.416 e. The van der Waals surface area contributed by atoms with Crippen LogP contribution in [0.15, 0.2) is 83.6 Å². The van der Waals surface area contributed by atoms with Crippen molar-refractivity contribution in [1.82, 2.24) is 0 Å². The lowest BCUT2D eigenvalue weighted by molar-refractivity contribution is -0.158. The molecule has 3 aromatic rings. The van der Waals surface area contributed by atoms with Gasteiger partial charge in [-0.1, -0.05) is 48.5 Å². The first kappa shape index (κ1) is 29.2. The smallest absolute Gasteiger partial charge is 0.416 e. The molecule has 1 saturated carbocycles. The molecule has 6 rings (SSSR count). The SMILES string of the molecule is NC(=O)C1=C(OCc2ccccc2)C[C@@H]2C[C@@H]3Cc4c(-c5ccc(C(F)(F)F)cc5)ccc(O)c4C(O)=C3C(=O)[C@]2(O)C1=O. The minimum Gasteiger partial charge on any atom is -0.507 e. The van der Waals surface area contributed by atoms with Gasteiger partial charge in [-0.15, -0.1) is 0 Å². The number of phenolic OH excluding ortho intramolecular Hbond substituents is 1. The van der Waals surface area contributed by atoms with Crippen LogP contribution in [0.5, 0.6) is 5.75 Å². The lowest BCUT2D eigenvalue weighted by atomic mass is 9.58. The molecule has 5 N–H and O–H groups in total. The number of aliphatic hydroxyl groups is 2. The van der Waals surface area contributed by atoms with E-state index in [9.17, 15) is 42.9 Å². The average Bonchev–Trinajstić information content (AvgIpc) is 2.98. The number of benzene rings is 3. The van der Waals surface area contributed by atoms with Crippen LogP contribution in [0.2, 0.25) is 0 Å². The number of carbonyl (C=O) groups is 3. The number of Topliss-reactive ketones (excluding diaryl/α,β-unsaturated/α-hetero) is 2. The number of aliphatic hydroxyl groups excluding tert-OH is 1. The van der Waals surface area contributed by atoms with E-state index in [4.69, 9.17) is 10.5 Å². The normalized spacial score (nSPS) is 23.2. The highest BCUT2D eigenvalue weighted by Crippen LogP contribution is 2.52. The number of halogens is 3. The van der Waals surface area contributed by atoms with E-state index in [1.807, 2.05) is 0 Å². The van der Waals surface area contributed by atoms with E-state index < -0.39 is 63.7 Å². The van der Waals surface area contributed by atoms with Gasteiger partial charge in [0.15, 0.2) is 5.60 Å². The molecule has 3 aromatic carbocycles. The Balaban J connectivity index is 1.40. The highest BCUT2D eigenvalue weighted by atomic mass is 19.4. The summed E-state index contributed by atoms with van der Waals surface area (Å²) in [6.45, 7) is -0.00214. The van der Waals surface area contributed by atoms with Crippen LogP contribution >= 0.6 is 0 Å². The van der Waals surface area contributed by atoms with Crippen LogP contribution in [0.4, 0.5) is 13.2 Å². The van der Waals surface area contributed by atoms with Crippen LogP contribution in [-0.2, 0) is 38.3 Å². The number of amides is 1. The summed E-state index contributed by atoms with van der Waals surface area (Å²) in [5, 5.41) is 33.7. The standard InChI is InChI=1S/C33H26F3NO7/c34-33(35,36)19-8-6-17(7-9-19)21-10-11-23(38)26-22(21)13-18-12-20-14-24(44-15-16-4-2-1-3-5-16)27(31(37)42)30(41)32(20,43)29(40)25(18)28(26)39/h1-11,18,20,38-39,43H,12-15H2,(H2,37,42)/t18-,20+,32+/m1/s1. The van der Waals surface area contributed by atoms with Crippen LogP contribution in [-0.4, -0.2) is 38.4 Å². The molecule has 1 fully saturated rings. The van der Waals surface area contributed by atoms with Gasteiger partial charge < -0.3 is 25.8 Å². The fraction of sp³-hybridized carbons (Fsp3) is 0.242. The number of rotatable bonds is 5. The minimum absolute atomic E-state index is 0.00214. The topological polar surface area (TPSA) is 147 Å². The number of hydrogen-bond donors (Lipinski definition) is 4. The fourth-order valence-corrected chi connectivity index (χ4v) is 6.58. The zero-order chi connectivity index (χ0) is 31.6. The number of ether oxygens (including phenoxy) is 1. The van der Waals surface area contributed by atoms with Crippen LogP contribution in [0.3, 0.4) is 0 Å². The molecule has 0 aliphatic heterocycles. The second-order valence-electron chi connectivity index (χ2n) is 11.2. The molecule has 8 nitrogen and oxygen atoms in total. The molecule has 0 aromatic heterocycles. The molecule has 0 radical (unpaired) electrons. The molecule has 0 saturated heterocycles. The number of primary amides is 1. The Bertz CT molecular complexity index is 1780. The molecule has 0 heterocycles. The van der Waals surface area contributed by atoms with Crippen molar-refractivity contribution in [2.75, 3.05) is 0 Å². The number of ketones is 2. The Morgan fingerprint density at radius 2 is 1.64 bits per heavy atom. The number of aromatic hydroxyl groups is 1. The van der Waals surface area contributed by atoms with Crippen molar-refractivity contribution in [1.29, 1.82) is 0 Å². The van der Waals surface area contributed by atoms with Gasteiger partial charge in [0.05, 0.1) is 11.1 Å². The molecule has 0 unspecified atom stereocenters. The minimum atomic E-state index is -4.54. The Morgan fingerprint density at radius 3 is 2.27 bits per heavy atom. The summed E-state index contributed by atoms with van der Waals surface area (Å²) in [6, 6.07) is 16.1. The zero-order valence-electron chi connectivity index (χ0n) is 23.0. The maximum absolute atomic E-state index is 13.9. The molecule has 0 bridgehead atoms. The number of alkyl halides is 3. The van der Waals surface area contributed by atoms with Gasteiger partial charge in [-0.3, -0.25) is 14.4 Å². The molecular weight excluding hydrogens is 579 g/mol. The molecule has 3 aliphatic carbocycles. The first-order valence-electron chi connectivity index (χ1n) is 13.8. The first-order chi connectivity index (χ1) is 20.8. The molecule has 1 amide bonds. The number of nitrogens with two attached hydrogens (primary N) is 1. The van der Waals surface area contributed by atoms with E-state index in [2.05, 4.69) is 0 Å². The van der Waals surface area contributed by atoms with Crippen molar-refractivity contribution in [2.45, 2.75) is 37.6 Å². The maximum atomic E-state index is 13.9. The van der Waals surface area contributed by atoms with Gasteiger partial charge in [0.25, 0.3) is 5.91 Å². The molecule has 226 valence electrons. The lowest BCUT2D eigenvalue weighted by Gasteiger charge is -2.46. The Morgan fingerprint density at radius 1 is 0.955 bits per heavy atom.